The number of aromatic amines is 1. The lowest BCUT2D eigenvalue weighted by atomic mass is 10.1. The van der Waals surface area contributed by atoms with E-state index in [-0.39, 0.29) is 17.1 Å². The van der Waals surface area contributed by atoms with E-state index in [0.29, 0.717) is 5.16 Å². The number of benzene rings is 1. The second kappa shape index (κ2) is 9.01. The fraction of sp³-hybridized carbons (Fsp3) is 0.389. The highest BCUT2D eigenvalue weighted by Gasteiger charge is 2.17. The minimum atomic E-state index is -0.749. The number of likely N-dealkylation sites (tertiary alicyclic amines) is 1. The number of hydrogen-bond acceptors (Lipinski definition) is 5. The molecule has 1 saturated heterocycles. The number of halogens is 1. The van der Waals surface area contributed by atoms with Gasteiger partial charge in [-0.15, -0.1) is 0 Å². The van der Waals surface area contributed by atoms with Crippen LogP contribution in [-0.4, -0.2) is 41.3 Å². The number of aromatic nitrogens is 2. The molecule has 2 heterocycles. The molecule has 1 aliphatic heterocycles. The number of hydrogen-bond donors (Lipinski definition) is 4. The van der Waals surface area contributed by atoms with E-state index in [0.717, 1.165) is 12.3 Å². The van der Waals surface area contributed by atoms with Crippen LogP contribution >= 0.6 is 11.8 Å². The van der Waals surface area contributed by atoms with Gasteiger partial charge in [0.05, 0.1) is 31.0 Å². The predicted molar refractivity (Wildman–Crippen MR) is 104 cm³/mol. The first-order valence-electron chi connectivity index (χ1n) is 8.96. The van der Waals surface area contributed by atoms with Gasteiger partial charge < -0.3 is 16.0 Å². The Kier molecular flexibility index (Phi) is 6.46. The second-order valence-corrected chi connectivity index (χ2v) is 7.56. The van der Waals surface area contributed by atoms with Crippen LogP contribution in [0.3, 0.4) is 0 Å². The molecule has 7 nitrogen and oxygen atoms in total. The van der Waals surface area contributed by atoms with Crippen molar-refractivity contribution in [2.45, 2.75) is 24.4 Å². The van der Waals surface area contributed by atoms with Crippen molar-refractivity contribution in [1.29, 1.82) is 0 Å². The predicted octanol–water partition coefficient (Wildman–Crippen LogP) is 0.904. The van der Waals surface area contributed by atoms with Gasteiger partial charge in [0.1, 0.15) is 11.5 Å². The Hall–Kier alpha value is -2.39. The lowest BCUT2D eigenvalue weighted by Crippen LogP contribution is -3.13. The first kappa shape index (κ1) is 19.4. The molecule has 9 heteroatoms. The normalized spacial score (nSPS) is 14.9. The molecule has 1 aromatic heterocycles. The van der Waals surface area contributed by atoms with E-state index in [4.69, 9.17) is 5.73 Å². The molecule has 0 bridgehead atoms. The maximum atomic E-state index is 13.7. The molecule has 1 amide bonds. The fourth-order valence-corrected chi connectivity index (χ4v) is 3.99. The maximum absolute atomic E-state index is 13.7. The van der Waals surface area contributed by atoms with Gasteiger partial charge in [-0.3, -0.25) is 14.6 Å². The number of nitrogens with one attached hydrogen (secondary N) is 3. The van der Waals surface area contributed by atoms with Gasteiger partial charge in [-0.2, -0.15) is 0 Å². The highest BCUT2D eigenvalue weighted by atomic mass is 32.2. The first-order valence-corrected chi connectivity index (χ1v) is 9.95. The van der Waals surface area contributed by atoms with Gasteiger partial charge in [-0.05, 0) is 31.4 Å². The van der Waals surface area contributed by atoms with Gasteiger partial charge in [-0.25, -0.2) is 9.37 Å². The Morgan fingerprint density at radius 3 is 2.74 bits per heavy atom. The summed E-state index contributed by atoms with van der Waals surface area (Å²) in [4.78, 5) is 32.8. The summed E-state index contributed by atoms with van der Waals surface area (Å²) in [6, 6.07) is 5.51. The molecule has 2 aromatic rings. The molecule has 144 valence electrons. The summed E-state index contributed by atoms with van der Waals surface area (Å²) in [7, 11) is 0. The summed E-state index contributed by atoms with van der Waals surface area (Å²) in [5.41, 5.74) is 4.95. The molecule has 0 radical (unpaired) electrons. The molecule has 0 aliphatic carbocycles. The molecule has 1 aromatic carbocycles. The van der Waals surface area contributed by atoms with Crippen LogP contribution in [0.2, 0.25) is 0 Å². The van der Waals surface area contributed by atoms with Crippen molar-refractivity contribution in [2.24, 2.45) is 0 Å². The summed E-state index contributed by atoms with van der Waals surface area (Å²) in [6.07, 6.45) is 3.83. The van der Waals surface area contributed by atoms with Gasteiger partial charge >= 0.3 is 0 Å². The third-order valence-electron chi connectivity index (χ3n) is 4.54. The highest BCUT2D eigenvalue weighted by molar-refractivity contribution is 7.99. The minimum absolute atomic E-state index is 0.0868. The molecular formula is C18H23FN5O2S+. The van der Waals surface area contributed by atoms with Gasteiger partial charge in [0.2, 0.25) is 0 Å². The van der Waals surface area contributed by atoms with Crippen LogP contribution in [0.5, 0.6) is 0 Å². The number of H-pyrrole nitrogens is 1. The molecule has 3 rings (SSSR count). The standard InChI is InChI=1S/C18H22FN5O2S/c19-13-7-3-2-6-12(13)16(25)21-14-15(20)22-18(23-17(14)26)27-11-10-24-8-4-1-5-9-24/h2-3,6-7H,1,4-5,8-11H2,(H,21,25)(H3,20,22,23,26)/p+1. The van der Waals surface area contributed by atoms with Gasteiger partial charge in [0, 0.05) is 0 Å². The van der Waals surface area contributed by atoms with E-state index in [2.05, 4.69) is 15.3 Å². The molecule has 0 unspecified atom stereocenters. The molecule has 1 fully saturated rings. The summed E-state index contributed by atoms with van der Waals surface area (Å²) < 4.78 is 13.7. The van der Waals surface area contributed by atoms with Crippen LogP contribution in [0.4, 0.5) is 15.9 Å². The lowest BCUT2D eigenvalue weighted by Gasteiger charge is -2.23. The van der Waals surface area contributed by atoms with Crippen LogP contribution in [0.15, 0.2) is 34.2 Å². The zero-order chi connectivity index (χ0) is 19.2. The molecule has 5 N–H and O–H groups in total. The maximum Gasteiger partial charge on any atom is 0.277 e. The van der Waals surface area contributed by atoms with Crippen molar-refractivity contribution in [2.75, 3.05) is 36.4 Å². The molecule has 27 heavy (non-hydrogen) atoms. The molecule has 0 spiro atoms. The number of quaternary nitrogens is 1. The van der Waals surface area contributed by atoms with E-state index in [1.54, 1.807) is 4.90 Å². The van der Waals surface area contributed by atoms with Crippen molar-refractivity contribution in [3.63, 3.8) is 0 Å². The lowest BCUT2D eigenvalue weighted by molar-refractivity contribution is -0.902. The van der Waals surface area contributed by atoms with Gasteiger partial charge in [0.25, 0.3) is 11.5 Å². The molecule has 0 saturated carbocycles. The highest BCUT2D eigenvalue weighted by Crippen LogP contribution is 2.17. The third-order valence-corrected chi connectivity index (χ3v) is 5.41. The average molecular weight is 392 g/mol. The Bertz CT molecular complexity index is 867. The molecule has 0 atom stereocenters. The Labute approximate surface area is 160 Å². The number of rotatable bonds is 6. The number of nitrogens with zero attached hydrogens (tertiary/aromatic N) is 1. The van der Waals surface area contributed by atoms with Crippen LogP contribution in [0.25, 0.3) is 0 Å². The van der Waals surface area contributed by atoms with Crippen molar-refractivity contribution in [1.82, 2.24) is 9.97 Å². The van der Waals surface area contributed by atoms with Crippen molar-refractivity contribution in [3.8, 4) is 0 Å². The SMILES string of the molecule is Nc1nc(SCC[NH+]2CCCCC2)[nH]c(=O)c1NC(=O)c1ccccc1F. The summed E-state index contributed by atoms with van der Waals surface area (Å²) >= 11 is 1.43. The number of amides is 1. The Balaban J connectivity index is 1.63. The van der Waals surface area contributed by atoms with E-state index in [9.17, 15) is 14.0 Å². The number of carbonyl (C=O) groups excluding carboxylic acids is 1. The second-order valence-electron chi connectivity index (χ2n) is 6.47. The largest absolute Gasteiger partial charge is 0.382 e. The number of anilines is 2. The van der Waals surface area contributed by atoms with Gasteiger partial charge in [-0.1, -0.05) is 23.9 Å². The zero-order valence-corrected chi connectivity index (χ0v) is 15.7. The van der Waals surface area contributed by atoms with Crippen LogP contribution in [0.1, 0.15) is 29.6 Å². The summed E-state index contributed by atoms with van der Waals surface area (Å²) in [5.74, 6) is -0.693. The topological polar surface area (TPSA) is 105 Å². The smallest absolute Gasteiger partial charge is 0.277 e. The van der Waals surface area contributed by atoms with E-state index < -0.39 is 17.3 Å². The number of nitrogens with two attached hydrogens (primary N) is 1. The Morgan fingerprint density at radius 2 is 2.04 bits per heavy atom. The van der Waals surface area contributed by atoms with E-state index in [1.807, 2.05) is 0 Å². The van der Waals surface area contributed by atoms with Crippen LogP contribution in [0, 0.1) is 5.82 Å². The summed E-state index contributed by atoms with van der Waals surface area (Å²) in [6.45, 7) is 3.38. The van der Waals surface area contributed by atoms with Gasteiger partial charge in [0.15, 0.2) is 11.0 Å². The molecular weight excluding hydrogens is 369 g/mol. The average Bonchev–Trinajstić information content (AvgIpc) is 2.66. The van der Waals surface area contributed by atoms with E-state index in [1.165, 1.54) is 68.4 Å². The summed E-state index contributed by atoms with van der Waals surface area (Å²) in [5, 5.41) is 2.76. The first-order chi connectivity index (χ1) is 13.0. The number of nitrogen functional groups attached to an aromatic ring is 1. The monoisotopic (exact) mass is 392 g/mol. The van der Waals surface area contributed by atoms with Crippen molar-refractivity contribution in [3.05, 3.63) is 46.0 Å². The zero-order valence-electron chi connectivity index (χ0n) is 14.9. The number of thioether (sulfide) groups is 1. The number of carbonyl (C=O) groups is 1. The Morgan fingerprint density at radius 1 is 1.30 bits per heavy atom. The van der Waals surface area contributed by atoms with E-state index >= 15 is 0 Å². The fourth-order valence-electron chi connectivity index (χ4n) is 3.08. The van der Waals surface area contributed by atoms with Crippen molar-refractivity contribution >= 4 is 29.2 Å². The third kappa shape index (κ3) is 5.08. The van der Waals surface area contributed by atoms with Crippen molar-refractivity contribution < 1.29 is 14.1 Å². The van der Waals surface area contributed by atoms with Crippen LogP contribution < -0.4 is 21.5 Å². The number of piperidine rings is 1. The molecule has 1 aliphatic rings. The minimum Gasteiger partial charge on any atom is -0.382 e. The van der Waals surface area contributed by atoms with Crippen LogP contribution in [-0.2, 0) is 0 Å². The quantitative estimate of drug-likeness (QED) is 0.432.